The van der Waals surface area contributed by atoms with Gasteiger partial charge in [0.05, 0.1) is 21.6 Å². The molecule has 0 bridgehead atoms. The Balaban J connectivity index is 2.21. The minimum atomic E-state index is -0.739. The number of carbonyl (C=O) groups is 1. The quantitative estimate of drug-likeness (QED) is 0.285. The van der Waals surface area contributed by atoms with Crippen molar-refractivity contribution in [2.24, 2.45) is 0 Å². The lowest BCUT2D eigenvalue weighted by Crippen LogP contribution is -2.09. The summed E-state index contributed by atoms with van der Waals surface area (Å²) in [5, 5.41) is 10.8. The molecule has 0 atom stereocenters. The van der Waals surface area contributed by atoms with Gasteiger partial charge in [0.2, 0.25) is 0 Å². The van der Waals surface area contributed by atoms with Crippen LogP contribution in [0.5, 0.6) is 5.75 Å². The van der Waals surface area contributed by atoms with Gasteiger partial charge in [-0.1, -0.05) is 29.3 Å². The number of benzene rings is 1. The third kappa shape index (κ3) is 3.23. The van der Waals surface area contributed by atoms with Gasteiger partial charge in [0.15, 0.2) is 0 Å². The van der Waals surface area contributed by atoms with E-state index in [0.717, 1.165) is 6.07 Å². The molecule has 0 unspecified atom stereocenters. The van der Waals surface area contributed by atoms with E-state index in [1.807, 2.05) is 0 Å². The van der Waals surface area contributed by atoms with Gasteiger partial charge in [-0.2, -0.15) is 0 Å². The highest BCUT2D eigenvalue weighted by atomic mass is 35.5. The SMILES string of the molecule is O=C(Oc1cccc([N+](=O)[O-])c1)c1cnc(Cl)c(Cl)c1. The highest BCUT2D eigenvalue weighted by molar-refractivity contribution is 6.41. The molecule has 0 aliphatic rings. The molecule has 1 aromatic carbocycles. The fourth-order valence-electron chi connectivity index (χ4n) is 1.36. The molecule has 0 amide bonds. The van der Waals surface area contributed by atoms with E-state index in [2.05, 4.69) is 4.98 Å². The first-order valence-electron chi connectivity index (χ1n) is 5.25. The highest BCUT2D eigenvalue weighted by Crippen LogP contribution is 2.22. The van der Waals surface area contributed by atoms with Crippen LogP contribution in [0, 0.1) is 10.1 Å². The van der Waals surface area contributed by atoms with Gasteiger partial charge in [0.25, 0.3) is 5.69 Å². The van der Waals surface area contributed by atoms with E-state index in [1.165, 1.54) is 30.5 Å². The van der Waals surface area contributed by atoms with Crippen LogP contribution in [0.3, 0.4) is 0 Å². The molecular formula is C12H6Cl2N2O4. The number of nitro groups is 1. The first-order valence-corrected chi connectivity index (χ1v) is 6.00. The summed E-state index contributed by atoms with van der Waals surface area (Å²) in [6.07, 6.45) is 1.20. The second-order valence-electron chi connectivity index (χ2n) is 3.64. The first-order chi connectivity index (χ1) is 9.47. The van der Waals surface area contributed by atoms with E-state index < -0.39 is 10.9 Å². The van der Waals surface area contributed by atoms with Crippen LogP contribution in [0.2, 0.25) is 10.2 Å². The smallest absolute Gasteiger partial charge is 0.345 e. The van der Waals surface area contributed by atoms with Crippen molar-refractivity contribution in [1.82, 2.24) is 4.98 Å². The number of halogens is 2. The monoisotopic (exact) mass is 312 g/mol. The van der Waals surface area contributed by atoms with Crippen molar-refractivity contribution in [3.8, 4) is 5.75 Å². The van der Waals surface area contributed by atoms with Crippen molar-refractivity contribution in [2.45, 2.75) is 0 Å². The van der Waals surface area contributed by atoms with Crippen LogP contribution in [-0.2, 0) is 0 Å². The minimum absolute atomic E-state index is 0.0512. The summed E-state index contributed by atoms with van der Waals surface area (Å²) >= 11 is 11.4. The largest absolute Gasteiger partial charge is 0.423 e. The zero-order chi connectivity index (χ0) is 14.7. The average molecular weight is 313 g/mol. The molecule has 20 heavy (non-hydrogen) atoms. The number of nitro benzene ring substituents is 1. The third-order valence-corrected chi connectivity index (χ3v) is 2.96. The maximum absolute atomic E-state index is 11.8. The van der Waals surface area contributed by atoms with Crippen LogP contribution in [0.1, 0.15) is 10.4 Å². The molecular weight excluding hydrogens is 307 g/mol. The van der Waals surface area contributed by atoms with Crippen molar-refractivity contribution in [2.75, 3.05) is 0 Å². The van der Waals surface area contributed by atoms with Crippen molar-refractivity contribution < 1.29 is 14.5 Å². The van der Waals surface area contributed by atoms with Crippen LogP contribution in [-0.4, -0.2) is 15.9 Å². The Morgan fingerprint density at radius 1 is 1.30 bits per heavy atom. The normalized spacial score (nSPS) is 10.1. The van der Waals surface area contributed by atoms with E-state index >= 15 is 0 Å². The Hall–Kier alpha value is -2.18. The van der Waals surface area contributed by atoms with Crippen molar-refractivity contribution in [3.63, 3.8) is 0 Å². The van der Waals surface area contributed by atoms with E-state index in [-0.39, 0.29) is 27.2 Å². The predicted octanol–water partition coefficient (Wildman–Crippen LogP) is 3.52. The Labute approximate surface area is 123 Å². The van der Waals surface area contributed by atoms with Gasteiger partial charge in [0.1, 0.15) is 10.9 Å². The molecule has 0 N–H and O–H groups in total. The fraction of sp³-hybridized carbons (Fsp3) is 0. The van der Waals surface area contributed by atoms with Gasteiger partial charge in [0, 0.05) is 12.3 Å². The summed E-state index contributed by atoms with van der Waals surface area (Å²) in [4.78, 5) is 25.6. The number of ether oxygens (including phenoxy) is 1. The number of esters is 1. The van der Waals surface area contributed by atoms with E-state index in [0.29, 0.717) is 0 Å². The summed E-state index contributed by atoms with van der Waals surface area (Å²) in [6.45, 7) is 0. The van der Waals surface area contributed by atoms with Crippen LogP contribution < -0.4 is 4.74 Å². The van der Waals surface area contributed by atoms with Crippen LogP contribution in [0.15, 0.2) is 36.5 Å². The molecule has 102 valence electrons. The maximum atomic E-state index is 11.8. The van der Waals surface area contributed by atoms with E-state index in [4.69, 9.17) is 27.9 Å². The molecule has 2 aromatic rings. The van der Waals surface area contributed by atoms with Crippen molar-refractivity contribution in [1.29, 1.82) is 0 Å². The van der Waals surface area contributed by atoms with Crippen molar-refractivity contribution >= 4 is 34.9 Å². The second-order valence-corrected chi connectivity index (χ2v) is 4.41. The zero-order valence-corrected chi connectivity index (χ0v) is 11.3. The van der Waals surface area contributed by atoms with Gasteiger partial charge >= 0.3 is 5.97 Å². The summed E-state index contributed by atoms with van der Waals surface area (Å²) in [5.41, 5.74) is -0.0894. The Morgan fingerprint density at radius 3 is 2.70 bits per heavy atom. The van der Waals surface area contributed by atoms with E-state index in [1.54, 1.807) is 0 Å². The number of hydrogen-bond donors (Lipinski definition) is 0. The highest BCUT2D eigenvalue weighted by Gasteiger charge is 2.13. The lowest BCUT2D eigenvalue weighted by molar-refractivity contribution is -0.384. The second kappa shape index (κ2) is 5.85. The number of carbonyl (C=O) groups excluding carboxylic acids is 1. The number of hydrogen-bond acceptors (Lipinski definition) is 5. The molecule has 8 heteroatoms. The molecule has 1 aromatic heterocycles. The molecule has 0 saturated heterocycles. The van der Waals surface area contributed by atoms with Gasteiger partial charge in [-0.15, -0.1) is 0 Å². The molecule has 1 heterocycles. The van der Waals surface area contributed by atoms with Crippen LogP contribution >= 0.6 is 23.2 Å². The third-order valence-electron chi connectivity index (χ3n) is 2.27. The molecule has 2 rings (SSSR count). The molecule has 0 fully saturated rings. The Morgan fingerprint density at radius 2 is 2.05 bits per heavy atom. The van der Waals surface area contributed by atoms with Gasteiger partial charge in [-0.3, -0.25) is 10.1 Å². The van der Waals surface area contributed by atoms with Gasteiger partial charge in [-0.05, 0) is 12.1 Å². The molecule has 0 spiro atoms. The van der Waals surface area contributed by atoms with Gasteiger partial charge < -0.3 is 4.74 Å². The number of non-ortho nitro benzene ring substituents is 1. The van der Waals surface area contributed by atoms with Gasteiger partial charge in [-0.25, -0.2) is 9.78 Å². The molecule has 0 saturated carbocycles. The summed E-state index contributed by atoms with van der Waals surface area (Å²) in [6, 6.07) is 6.57. The number of rotatable bonds is 3. The van der Waals surface area contributed by atoms with Crippen molar-refractivity contribution in [3.05, 3.63) is 62.4 Å². The summed E-state index contributed by atoms with van der Waals surface area (Å²) in [7, 11) is 0. The summed E-state index contributed by atoms with van der Waals surface area (Å²) < 4.78 is 5.00. The van der Waals surface area contributed by atoms with Crippen LogP contribution in [0.25, 0.3) is 0 Å². The number of aromatic nitrogens is 1. The van der Waals surface area contributed by atoms with E-state index in [9.17, 15) is 14.9 Å². The average Bonchev–Trinajstić information content (AvgIpc) is 2.42. The first kappa shape index (κ1) is 14.2. The maximum Gasteiger partial charge on any atom is 0.345 e. The zero-order valence-electron chi connectivity index (χ0n) is 9.75. The number of pyridine rings is 1. The Kier molecular flexibility index (Phi) is 4.16. The topological polar surface area (TPSA) is 82.3 Å². The summed E-state index contributed by atoms with van der Waals surface area (Å²) in [5.74, 6) is -0.688. The van der Waals surface area contributed by atoms with Crippen LogP contribution in [0.4, 0.5) is 5.69 Å². The predicted molar refractivity (Wildman–Crippen MR) is 72.3 cm³/mol. The molecule has 0 aliphatic heterocycles. The molecule has 0 aliphatic carbocycles. The standard InChI is InChI=1S/C12H6Cl2N2O4/c13-10-4-7(6-15-11(10)14)12(17)20-9-3-1-2-8(5-9)16(18)19/h1-6H. The fourth-order valence-corrected chi connectivity index (χ4v) is 1.63. The Bertz CT molecular complexity index is 691. The molecule has 0 radical (unpaired) electrons. The lowest BCUT2D eigenvalue weighted by atomic mass is 10.3. The number of nitrogens with zero attached hydrogens (tertiary/aromatic N) is 2. The minimum Gasteiger partial charge on any atom is -0.423 e. The lowest BCUT2D eigenvalue weighted by Gasteiger charge is -2.04. The molecule has 6 nitrogen and oxygen atoms in total.